The number of hydrogen-bond acceptors (Lipinski definition) is 3. The Kier molecular flexibility index (Phi) is 5.40. The molecular formula is C29H27NO2. The number of Topliss-reactive ketones (excluding diaryl/α,β-unsaturated/α-hetero) is 1. The second-order valence-corrected chi connectivity index (χ2v) is 8.89. The third-order valence-electron chi connectivity index (χ3n) is 6.07. The van der Waals surface area contributed by atoms with E-state index < -0.39 is 0 Å². The Morgan fingerprint density at radius 1 is 0.812 bits per heavy atom. The van der Waals surface area contributed by atoms with Crippen LogP contribution < -0.4 is 10.1 Å². The van der Waals surface area contributed by atoms with Crippen LogP contribution in [0.2, 0.25) is 0 Å². The van der Waals surface area contributed by atoms with Gasteiger partial charge in [0.15, 0.2) is 5.78 Å². The first-order valence-electron chi connectivity index (χ1n) is 11.2. The van der Waals surface area contributed by atoms with E-state index in [0.29, 0.717) is 12.5 Å². The highest BCUT2D eigenvalue weighted by molar-refractivity contribution is 6.08. The first-order chi connectivity index (χ1) is 15.6. The molecule has 0 radical (unpaired) electrons. The molecule has 0 fully saturated rings. The van der Waals surface area contributed by atoms with E-state index in [1.54, 1.807) is 0 Å². The van der Waals surface area contributed by atoms with E-state index in [0.717, 1.165) is 33.5 Å². The van der Waals surface area contributed by atoms with Gasteiger partial charge in [0.05, 0.1) is 18.6 Å². The molecule has 1 aliphatic heterocycles. The summed E-state index contributed by atoms with van der Waals surface area (Å²) < 4.78 is 5.86. The number of fused-ring (bicyclic) bond motifs is 2. The van der Waals surface area contributed by atoms with Gasteiger partial charge in [-0.05, 0) is 52.1 Å². The molecule has 1 N–H and O–H groups in total. The number of anilines is 1. The number of nitrogens with one attached hydrogen (secondary N) is 1. The molecule has 0 aromatic heterocycles. The lowest BCUT2D eigenvalue weighted by molar-refractivity contribution is 0.0945. The Labute approximate surface area is 189 Å². The number of carbonyl (C=O) groups excluding carboxylic acids is 1. The van der Waals surface area contributed by atoms with Crippen molar-refractivity contribution in [3.63, 3.8) is 0 Å². The largest absolute Gasteiger partial charge is 0.493 e. The van der Waals surface area contributed by atoms with Crippen LogP contribution in [0.4, 0.5) is 5.69 Å². The summed E-state index contributed by atoms with van der Waals surface area (Å²) in [4.78, 5) is 13.7. The van der Waals surface area contributed by atoms with Crippen molar-refractivity contribution in [2.45, 2.75) is 25.8 Å². The predicted octanol–water partition coefficient (Wildman–Crippen LogP) is 7.01. The number of ketones is 1. The van der Waals surface area contributed by atoms with Crippen molar-refractivity contribution < 1.29 is 9.53 Å². The lowest BCUT2D eigenvalue weighted by Crippen LogP contribution is -2.31. The van der Waals surface area contributed by atoms with Crippen molar-refractivity contribution in [3.8, 4) is 5.75 Å². The van der Waals surface area contributed by atoms with Gasteiger partial charge in [-0.15, -0.1) is 0 Å². The van der Waals surface area contributed by atoms with Gasteiger partial charge in [-0.1, -0.05) is 80.6 Å². The van der Waals surface area contributed by atoms with Crippen molar-refractivity contribution >= 4 is 22.2 Å². The second kappa shape index (κ2) is 8.51. The van der Waals surface area contributed by atoms with Crippen molar-refractivity contribution in [1.29, 1.82) is 0 Å². The first kappa shape index (κ1) is 20.3. The first-order valence-corrected chi connectivity index (χ1v) is 11.2. The smallest absolute Gasteiger partial charge is 0.174 e. The van der Waals surface area contributed by atoms with Crippen molar-refractivity contribution in [2.75, 3.05) is 11.9 Å². The molecule has 5 rings (SSSR count). The normalized spacial score (nSPS) is 17.8. The summed E-state index contributed by atoms with van der Waals surface area (Å²) in [5.74, 6) is 1.17. The maximum atomic E-state index is 13.7. The van der Waals surface area contributed by atoms with Gasteiger partial charge in [0.1, 0.15) is 5.75 Å². The molecule has 0 amide bonds. The van der Waals surface area contributed by atoms with E-state index in [2.05, 4.69) is 61.6 Å². The fourth-order valence-corrected chi connectivity index (χ4v) is 4.45. The third-order valence-corrected chi connectivity index (χ3v) is 6.07. The molecule has 3 heteroatoms. The molecule has 0 bridgehead atoms. The number of benzene rings is 4. The summed E-state index contributed by atoms with van der Waals surface area (Å²) in [5, 5.41) is 5.97. The van der Waals surface area contributed by atoms with Crippen LogP contribution >= 0.6 is 0 Å². The summed E-state index contributed by atoms with van der Waals surface area (Å²) in [6, 6.07) is 30.4. The molecule has 1 heterocycles. The SMILES string of the molecule is CC(C)COc1ccc(C2Nc3ccccc3C(=O)C2c2ccc3ccccc3c2)cc1. The summed E-state index contributed by atoms with van der Waals surface area (Å²) in [5.41, 5.74) is 3.74. The molecule has 4 aromatic rings. The van der Waals surface area contributed by atoms with E-state index in [1.807, 2.05) is 48.5 Å². The van der Waals surface area contributed by atoms with E-state index in [9.17, 15) is 4.79 Å². The molecule has 2 unspecified atom stereocenters. The summed E-state index contributed by atoms with van der Waals surface area (Å²) in [6.07, 6.45) is 0. The van der Waals surface area contributed by atoms with E-state index in [1.165, 1.54) is 5.39 Å². The minimum atomic E-state index is -0.308. The standard InChI is InChI=1S/C29H27NO2/c1-19(2)18-32-24-15-13-21(14-16-24)28-27(29(31)25-9-5-6-10-26(25)30-28)23-12-11-20-7-3-4-8-22(20)17-23/h3-17,19,27-28,30H,18H2,1-2H3. The highest BCUT2D eigenvalue weighted by Crippen LogP contribution is 2.43. The maximum Gasteiger partial charge on any atom is 0.174 e. The molecule has 0 saturated carbocycles. The fourth-order valence-electron chi connectivity index (χ4n) is 4.45. The van der Waals surface area contributed by atoms with Gasteiger partial charge in [0.2, 0.25) is 0 Å². The Morgan fingerprint density at radius 2 is 1.50 bits per heavy atom. The number of ether oxygens (including phenoxy) is 1. The number of carbonyl (C=O) groups is 1. The zero-order chi connectivity index (χ0) is 22.1. The van der Waals surface area contributed by atoms with Gasteiger partial charge >= 0.3 is 0 Å². The van der Waals surface area contributed by atoms with Gasteiger partial charge < -0.3 is 10.1 Å². The summed E-state index contributed by atoms with van der Waals surface area (Å²) in [7, 11) is 0. The number of para-hydroxylation sites is 1. The fraction of sp³-hybridized carbons (Fsp3) is 0.207. The van der Waals surface area contributed by atoms with E-state index in [4.69, 9.17) is 4.74 Å². The summed E-state index contributed by atoms with van der Waals surface area (Å²) >= 11 is 0. The van der Waals surface area contributed by atoms with Crippen LogP contribution in [0.3, 0.4) is 0 Å². The molecule has 1 aliphatic rings. The average molecular weight is 422 g/mol. The van der Waals surface area contributed by atoms with Crippen LogP contribution in [-0.2, 0) is 0 Å². The predicted molar refractivity (Wildman–Crippen MR) is 131 cm³/mol. The highest BCUT2D eigenvalue weighted by atomic mass is 16.5. The van der Waals surface area contributed by atoms with Crippen LogP contribution in [0.5, 0.6) is 5.75 Å². The molecule has 0 aliphatic carbocycles. The van der Waals surface area contributed by atoms with Crippen LogP contribution in [0.25, 0.3) is 10.8 Å². The second-order valence-electron chi connectivity index (χ2n) is 8.89. The average Bonchev–Trinajstić information content (AvgIpc) is 2.83. The summed E-state index contributed by atoms with van der Waals surface area (Å²) in [6.45, 7) is 4.96. The van der Waals surface area contributed by atoms with Crippen molar-refractivity contribution in [1.82, 2.24) is 0 Å². The molecule has 0 saturated heterocycles. The van der Waals surface area contributed by atoms with Crippen LogP contribution in [0.15, 0.2) is 91.0 Å². The quantitative estimate of drug-likeness (QED) is 0.377. The lowest BCUT2D eigenvalue weighted by Gasteiger charge is -2.34. The van der Waals surface area contributed by atoms with Gasteiger partial charge in [-0.25, -0.2) is 0 Å². The maximum absolute atomic E-state index is 13.7. The van der Waals surface area contributed by atoms with Gasteiger partial charge in [0.25, 0.3) is 0 Å². The lowest BCUT2D eigenvalue weighted by atomic mass is 9.78. The van der Waals surface area contributed by atoms with Crippen molar-refractivity contribution in [3.05, 3.63) is 108 Å². The third kappa shape index (κ3) is 3.87. The molecular weight excluding hydrogens is 394 g/mol. The molecule has 2 atom stereocenters. The molecule has 4 aromatic carbocycles. The highest BCUT2D eigenvalue weighted by Gasteiger charge is 2.37. The monoisotopic (exact) mass is 421 g/mol. The van der Waals surface area contributed by atoms with Crippen molar-refractivity contribution in [2.24, 2.45) is 5.92 Å². The minimum absolute atomic E-state index is 0.153. The van der Waals surface area contributed by atoms with E-state index >= 15 is 0 Å². The zero-order valence-electron chi connectivity index (χ0n) is 18.4. The Balaban J connectivity index is 1.56. The molecule has 160 valence electrons. The van der Waals surface area contributed by atoms with Gasteiger partial charge in [0, 0.05) is 11.3 Å². The molecule has 0 spiro atoms. The van der Waals surface area contributed by atoms with E-state index in [-0.39, 0.29) is 17.7 Å². The van der Waals surface area contributed by atoms with Crippen LogP contribution in [0, 0.1) is 5.92 Å². The Bertz CT molecular complexity index is 1260. The Hall–Kier alpha value is -3.59. The van der Waals surface area contributed by atoms with Gasteiger partial charge in [-0.3, -0.25) is 4.79 Å². The Morgan fingerprint density at radius 3 is 2.28 bits per heavy atom. The minimum Gasteiger partial charge on any atom is -0.493 e. The zero-order valence-corrected chi connectivity index (χ0v) is 18.4. The van der Waals surface area contributed by atoms with Crippen LogP contribution in [0.1, 0.15) is 47.3 Å². The topological polar surface area (TPSA) is 38.3 Å². The number of rotatable bonds is 5. The van der Waals surface area contributed by atoms with Gasteiger partial charge in [-0.2, -0.15) is 0 Å². The van der Waals surface area contributed by atoms with Crippen LogP contribution in [-0.4, -0.2) is 12.4 Å². The number of hydrogen-bond donors (Lipinski definition) is 1. The molecule has 32 heavy (non-hydrogen) atoms. The molecule has 3 nitrogen and oxygen atoms in total.